The summed E-state index contributed by atoms with van der Waals surface area (Å²) >= 11 is 7.59. The van der Waals surface area contributed by atoms with Gasteiger partial charge in [0.15, 0.2) is 5.16 Å². The third-order valence-corrected chi connectivity index (χ3v) is 5.91. The number of aryl methyl sites for hydroxylation is 1. The van der Waals surface area contributed by atoms with Gasteiger partial charge in [-0.05, 0) is 36.8 Å². The van der Waals surface area contributed by atoms with E-state index in [9.17, 15) is 9.59 Å². The molecule has 2 aromatic heterocycles. The number of carbonyl (C=O) groups is 1. The van der Waals surface area contributed by atoms with Crippen LogP contribution in [0.1, 0.15) is 19.2 Å². The minimum absolute atomic E-state index is 0.215. The highest BCUT2D eigenvalue weighted by Crippen LogP contribution is 2.28. The van der Waals surface area contributed by atoms with E-state index in [2.05, 4.69) is 16.5 Å². The number of nitrogens with two attached hydrogens (primary N) is 1. The maximum Gasteiger partial charge on any atom is 0.261 e. The molecule has 4 aromatic rings. The summed E-state index contributed by atoms with van der Waals surface area (Å²) in [5.41, 5.74) is 7.52. The lowest BCUT2D eigenvalue weighted by Gasteiger charge is -2.12. The van der Waals surface area contributed by atoms with E-state index in [-0.39, 0.29) is 12.1 Å². The van der Waals surface area contributed by atoms with Gasteiger partial charge in [-0.2, -0.15) is 0 Å². The summed E-state index contributed by atoms with van der Waals surface area (Å²) in [6.07, 6.45) is 0.947. The van der Waals surface area contributed by atoms with E-state index in [0.29, 0.717) is 27.5 Å². The normalized spacial score (nSPS) is 11.4. The molecule has 0 fully saturated rings. The van der Waals surface area contributed by atoms with Crippen LogP contribution in [-0.2, 0) is 23.6 Å². The minimum Gasteiger partial charge on any atom is -0.368 e. The van der Waals surface area contributed by atoms with Crippen molar-refractivity contribution in [2.45, 2.75) is 37.3 Å². The zero-order valence-corrected chi connectivity index (χ0v) is 17.9. The maximum atomic E-state index is 12.9. The molecule has 7 nitrogen and oxygen atoms in total. The zero-order chi connectivity index (χ0) is 21.3. The number of thioether (sulfide) groups is 1. The second-order valence-electron chi connectivity index (χ2n) is 6.87. The van der Waals surface area contributed by atoms with Crippen molar-refractivity contribution in [1.82, 2.24) is 19.1 Å². The van der Waals surface area contributed by atoms with Crippen molar-refractivity contribution in [2.24, 2.45) is 5.73 Å². The Morgan fingerprint density at radius 3 is 2.70 bits per heavy atom. The molecule has 30 heavy (non-hydrogen) atoms. The highest BCUT2D eigenvalue weighted by Gasteiger charge is 2.16. The Labute approximate surface area is 181 Å². The van der Waals surface area contributed by atoms with Crippen LogP contribution in [0.2, 0.25) is 5.02 Å². The molecule has 0 spiro atoms. The van der Waals surface area contributed by atoms with Crippen LogP contribution in [-0.4, -0.2) is 25.0 Å². The number of aromatic nitrogens is 4. The summed E-state index contributed by atoms with van der Waals surface area (Å²) in [6.45, 7) is 2.69. The van der Waals surface area contributed by atoms with Gasteiger partial charge in [0.1, 0.15) is 12.4 Å². The molecule has 2 aromatic carbocycles. The predicted octanol–water partition coefficient (Wildman–Crippen LogP) is 3.59. The summed E-state index contributed by atoms with van der Waals surface area (Å²) in [6, 6.07) is 12.7. The summed E-state index contributed by atoms with van der Waals surface area (Å²) in [5.74, 6) is 0.262. The molecule has 0 bridgehead atoms. The molecule has 0 saturated carbocycles. The van der Waals surface area contributed by atoms with Gasteiger partial charge in [0.25, 0.3) is 5.56 Å². The molecule has 0 atom stereocenters. The number of primary amides is 1. The van der Waals surface area contributed by atoms with Gasteiger partial charge in [0, 0.05) is 11.6 Å². The molecule has 154 valence electrons. The molecular formula is C21H20ClN5O2S. The van der Waals surface area contributed by atoms with E-state index in [1.165, 1.54) is 16.3 Å². The number of fused-ring (bicyclic) bond motifs is 2. The van der Waals surface area contributed by atoms with Crippen molar-refractivity contribution in [3.8, 4) is 0 Å². The van der Waals surface area contributed by atoms with Crippen LogP contribution in [0, 0.1) is 0 Å². The number of imidazole rings is 1. The molecule has 0 saturated heterocycles. The van der Waals surface area contributed by atoms with Crippen LogP contribution in [0.15, 0.2) is 52.4 Å². The largest absolute Gasteiger partial charge is 0.368 e. The van der Waals surface area contributed by atoms with E-state index >= 15 is 0 Å². The maximum absolute atomic E-state index is 12.9. The molecule has 0 unspecified atom stereocenters. The first-order valence-corrected chi connectivity index (χ1v) is 10.9. The monoisotopic (exact) mass is 441 g/mol. The zero-order valence-electron chi connectivity index (χ0n) is 16.3. The number of halogens is 1. The quantitative estimate of drug-likeness (QED) is 0.442. The number of para-hydroxylation sites is 1. The van der Waals surface area contributed by atoms with Crippen LogP contribution in [0.4, 0.5) is 0 Å². The Kier molecular flexibility index (Phi) is 5.78. The lowest BCUT2D eigenvalue weighted by atomic mass is 10.2. The summed E-state index contributed by atoms with van der Waals surface area (Å²) in [5, 5.41) is 1.90. The number of amides is 1. The molecule has 0 aliphatic heterocycles. The number of nitrogens with zero attached hydrogens (tertiary/aromatic N) is 4. The Morgan fingerprint density at radius 2 is 1.93 bits per heavy atom. The van der Waals surface area contributed by atoms with Gasteiger partial charge in [0.05, 0.1) is 27.7 Å². The molecule has 4 rings (SSSR count). The number of hydrogen-bond acceptors (Lipinski definition) is 5. The SMILES string of the molecule is CCCn1c(SCc2nc3ccccc3c(=O)n2CC(N)=O)nc2cc(Cl)ccc21. The molecule has 9 heteroatoms. The van der Waals surface area contributed by atoms with Crippen molar-refractivity contribution in [2.75, 3.05) is 0 Å². The minimum atomic E-state index is -0.590. The van der Waals surface area contributed by atoms with Crippen molar-refractivity contribution >= 4 is 51.2 Å². The van der Waals surface area contributed by atoms with Crippen LogP contribution in [0.25, 0.3) is 21.9 Å². The number of hydrogen-bond donors (Lipinski definition) is 1. The van der Waals surface area contributed by atoms with E-state index in [0.717, 1.165) is 29.2 Å². The third kappa shape index (κ3) is 3.93. The van der Waals surface area contributed by atoms with E-state index in [1.807, 2.05) is 24.3 Å². The lowest BCUT2D eigenvalue weighted by Crippen LogP contribution is -2.31. The van der Waals surface area contributed by atoms with Crippen LogP contribution in [0.5, 0.6) is 0 Å². The molecule has 1 amide bonds. The third-order valence-electron chi connectivity index (χ3n) is 4.71. The fraction of sp³-hybridized carbons (Fsp3) is 0.238. The highest BCUT2D eigenvalue weighted by molar-refractivity contribution is 7.98. The first kappa shape index (κ1) is 20.4. The summed E-state index contributed by atoms with van der Waals surface area (Å²) in [7, 11) is 0. The van der Waals surface area contributed by atoms with Crippen LogP contribution >= 0.6 is 23.4 Å². The van der Waals surface area contributed by atoms with Crippen molar-refractivity contribution in [3.63, 3.8) is 0 Å². The molecular weight excluding hydrogens is 422 g/mol. The average molecular weight is 442 g/mol. The molecule has 0 aliphatic carbocycles. The Balaban J connectivity index is 1.75. The van der Waals surface area contributed by atoms with Gasteiger partial charge in [-0.3, -0.25) is 14.2 Å². The molecule has 0 aliphatic rings. The smallest absolute Gasteiger partial charge is 0.261 e. The van der Waals surface area contributed by atoms with Crippen LogP contribution in [0.3, 0.4) is 0 Å². The van der Waals surface area contributed by atoms with Crippen molar-refractivity contribution in [1.29, 1.82) is 0 Å². The topological polar surface area (TPSA) is 95.8 Å². The first-order valence-electron chi connectivity index (χ1n) is 9.53. The number of rotatable bonds is 7. The van der Waals surface area contributed by atoms with Crippen molar-refractivity contribution < 1.29 is 4.79 Å². The van der Waals surface area contributed by atoms with Gasteiger partial charge < -0.3 is 10.3 Å². The van der Waals surface area contributed by atoms with Gasteiger partial charge >= 0.3 is 0 Å². The lowest BCUT2D eigenvalue weighted by molar-refractivity contribution is -0.118. The first-order chi connectivity index (χ1) is 14.5. The van der Waals surface area contributed by atoms with Crippen molar-refractivity contribution in [3.05, 3.63) is 63.7 Å². The fourth-order valence-electron chi connectivity index (χ4n) is 3.40. The Hall–Kier alpha value is -2.84. The predicted molar refractivity (Wildman–Crippen MR) is 120 cm³/mol. The van der Waals surface area contributed by atoms with Crippen LogP contribution < -0.4 is 11.3 Å². The second-order valence-corrected chi connectivity index (χ2v) is 8.25. The van der Waals surface area contributed by atoms with E-state index in [4.69, 9.17) is 22.3 Å². The highest BCUT2D eigenvalue weighted by atomic mass is 35.5. The Morgan fingerprint density at radius 1 is 1.13 bits per heavy atom. The van der Waals surface area contributed by atoms with Gasteiger partial charge in [-0.25, -0.2) is 9.97 Å². The summed E-state index contributed by atoms with van der Waals surface area (Å²) < 4.78 is 3.48. The average Bonchev–Trinajstić information content (AvgIpc) is 3.05. The molecule has 2 N–H and O–H groups in total. The summed E-state index contributed by atoms with van der Waals surface area (Å²) in [4.78, 5) is 33.8. The van der Waals surface area contributed by atoms with Gasteiger partial charge in [-0.1, -0.05) is 42.4 Å². The van der Waals surface area contributed by atoms with Gasteiger partial charge in [0.2, 0.25) is 5.91 Å². The van der Waals surface area contributed by atoms with Gasteiger partial charge in [-0.15, -0.1) is 0 Å². The fourth-order valence-corrected chi connectivity index (χ4v) is 4.56. The number of benzene rings is 2. The molecule has 0 radical (unpaired) electrons. The standard InChI is InChI=1S/C21H20ClN5O2S/c1-2-9-26-17-8-7-13(22)10-16(17)25-21(26)30-12-19-24-15-6-4-3-5-14(15)20(29)27(19)11-18(23)28/h3-8,10H,2,9,11-12H2,1H3,(H2,23,28). The van der Waals surface area contributed by atoms with E-state index < -0.39 is 5.91 Å². The number of carbonyl (C=O) groups excluding carboxylic acids is 1. The van der Waals surface area contributed by atoms with E-state index in [1.54, 1.807) is 18.2 Å². The second kappa shape index (κ2) is 8.49. The Bertz CT molecular complexity index is 1310. The molecule has 2 heterocycles.